The molecule has 0 bridgehead atoms. The zero-order valence-corrected chi connectivity index (χ0v) is 13.0. The van der Waals surface area contributed by atoms with E-state index in [9.17, 15) is 0 Å². The quantitative estimate of drug-likeness (QED) is 0.692. The monoisotopic (exact) mass is 299 g/mol. The van der Waals surface area contributed by atoms with Crippen molar-refractivity contribution in [2.45, 2.75) is 33.4 Å². The Kier molecular flexibility index (Phi) is 4.37. The lowest BCUT2D eigenvalue weighted by Crippen LogP contribution is -2.44. The summed E-state index contributed by atoms with van der Waals surface area (Å²) in [4.78, 5) is 11.1. The molecule has 0 atom stereocenters. The van der Waals surface area contributed by atoms with Crippen molar-refractivity contribution in [3.63, 3.8) is 0 Å². The number of aliphatic imine (C=N–C) groups is 1. The summed E-state index contributed by atoms with van der Waals surface area (Å²) in [5, 5.41) is 7.14. The normalized spacial score (nSPS) is 14.8. The van der Waals surface area contributed by atoms with Crippen LogP contribution in [0.15, 0.2) is 33.8 Å². The molecule has 0 amide bonds. The van der Waals surface area contributed by atoms with Gasteiger partial charge in [0.15, 0.2) is 11.8 Å². The average molecular weight is 299 g/mol. The van der Waals surface area contributed by atoms with E-state index < -0.39 is 0 Å². The van der Waals surface area contributed by atoms with Crippen LogP contribution in [0.1, 0.15) is 29.8 Å². The number of guanidine groups is 1. The third-order valence-corrected chi connectivity index (χ3v) is 3.70. The Morgan fingerprint density at radius 2 is 2.18 bits per heavy atom. The molecule has 1 aromatic heterocycles. The second-order valence-electron chi connectivity index (χ2n) is 5.35. The highest BCUT2D eigenvalue weighted by atomic mass is 16.5. The summed E-state index contributed by atoms with van der Waals surface area (Å²) in [6, 6.07) is 8.59. The van der Waals surface area contributed by atoms with Crippen LogP contribution in [-0.4, -0.2) is 34.1 Å². The molecule has 6 heteroatoms. The topological polar surface area (TPSA) is 66.5 Å². The predicted octanol–water partition coefficient (Wildman–Crippen LogP) is 1.90. The summed E-state index contributed by atoms with van der Waals surface area (Å²) >= 11 is 0. The van der Waals surface area contributed by atoms with Crippen LogP contribution in [0, 0.1) is 6.92 Å². The van der Waals surface area contributed by atoms with E-state index in [0.717, 1.165) is 32.0 Å². The predicted molar refractivity (Wildman–Crippen MR) is 84.4 cm³/mol. The van der Waals surface area contributed by atoms with Gasteiger partial charge in [-0.1, -0.05) is 29.4 Å². The molecule has 116 valence electrons. The van der Waals surface area contributed by atoms with Gasteiger partial charge >= 0.3 is 0 Å². The van der Waals surface area contributed by atoms with Gasteiger partial charge in [0.1, 0.15) is 6.54 Å². The third kappa shape index (κ3) is 3.27. The molecule has 6 nitrogen and oxygen atoms in total. The Balaban J connectivity index is 1.74. The fourth-order valence-corrected chi connectivity index (χ4v) is 2.65. The van der Waals surface area contributed by atoms with Crippen molar-refractivity contribution < 1.29 is 4.52 Å². The number of hydrogen-bond donors (Lipinski definition) is 1. The van der Waals surface area contributed by atoms with E-state index >= 15 is 0 Å². The van der Waals surface area contributed by atoms with Crippen LogP contribution in [0.5, 0.6) is 0 Å². The summed E-state index contributed by atoms with van der Waals surface area (Å²) < 4.78 is 5.12. The molecule has 0 unspecified atom stereocenters. The van der Waals surface area contributed by atoms with Crippen molar-refractivity contribution in [3.05, 3.63) is 47.1 Å². The second kappa shape index (κ2) is 6.60. The standard InChI is InChI=1S/C16H21N5O/c1-3-17-16(18-10-15-19-12(2)20-22-15)21-9-8-13-6-4-5-7-14(13)11-21/h4-7H,3,8-11H2,1-2H3,(H,17,18). The van der Waals surface area contributed by atoms with E-state index in [1.807, 2.05) is 6.92 Å². The van der Waals surface area contributed by atoms with Gasteiger partial charge in [-0.2, -0.15) is 4.98 Å². The minimum Gasteiger partial charge on any atom is -0.356 e. The van der Waals surface area contributed by atoms with Crippen LogP contribution in [0.4, 0.5) is 0 Å². The summed E-state index contributed by atoms with van der Waals surface area (Å²) in [6.07, 6.45) is 1.04. The second-order valence-corrected chi connectivity index (χ2v) is 5.35. The van der Waals surface area contributed by atoms with Crippen molar-refractivity contribution in [1.82, 2.24) is 20.4 Å². The molecular weight excluding hydrogens is 278 g/mol. The number of benzene rings is 1. The Labute approximate surface area is 130 Å². The van der Waals surface area contributed by atoms with Crippen LogP contribution in [-0.2, 0) is 19.5 Å². The summed E-state index contributed by atoms with van der Waals surface area (Å²) in [6.45, 7) is 6.96. The molecule has 0 saturated heterocycles. The Hall–Kier alpha value is -2.37. The van der Waals surface area contributed by atoms with Crippen LogP contribution in [0.3, 0.4) is 0 Å². The molecular formula is C16H21N5O. The molecule has 1 N–H and O–H groups in total. The Morgan fingerprint density at radius 1 is 1.36 bits per heavy atom. The molecule has 0 aliphatic carbocycles. The van der Waals surface area contributed by atoms with Gasteiger partial charge in [0.05, 0.1) is 0 Å². The van der Waals surface area contributed by atoms with E-state index in [-0.39, 0.29) is 0 Å². The minimum atomic E-state index is 0.404. The molecule has 1 aliphatic heterocycles. The molecule has 0 radical (unpaired) electrons. The van der Waals surface area contributed by atoms with Gasteiger partial charge in [0.25, 0.3) is 0 Å². The highest BCUT2D eigenvalue weighted by Crippen LogP contribution is 2.18. The first-order valence-corrected chi connectivity index (χ1v) is 7.65. The van der Waals surface area contributed by atoms with E-state index in [0.29, 0.717) is 18.3 Å². The van der Waals surface area contributed by atoms with Crippen LogP contribution in [0.2, 0.25) is 0 Å². The van der Waals surface area contributed by atoms with Crippen LogP contribution < -0.4 is 5.32 Å². The first kappa shape index (κ1) is 14.6. The van der Waals surface area contributed by atoms with E-state index in [4.69, 9.17) is 4.52 Å². The summed E-state index contributed by atoms with van der Waals surface area (Å²) in [5.74, 6) is 2.08. The number of aryl methyl sites for hydroxylation is 1. The Bertz CT molecular complexity index is 664. The molecule has 3 rings (SSSR count). The largest absolute Gasteiger partial charge is 0.356 e. The van der Waals surface area contributed by atoms with Gasteiger partial charge in [-0.05, 0) is 31.4 Å². The maximum Gasteiger partial charge on any atom is 0.248 e. The fourth-order valence-electron chi connectivity index (χ4n) is 2.65. The lowest BCUT2D eigenvalue weighted by molar-refractivity contribution is 0.365. The van der Waals surface area contributed by atoms with Gasteiger partial charge in [-0.3, -0.25) is 0 Å². The van der Waals surface area contributed by atoms with Crippen molar-refractivity contribution in [3.8, 4) is 0 Å². The molecule has 2 aromatic rings. The highest BCUT2D eigenvalue weighted by Gasteiger charge is 2.18. The Morgan fingerprint density at radius 3 is 2.91 bits per heavy atom. The number of rotatable bonds is 3. The molecule has 0 fully saturated rings. The number of aromatic nitrogens is 2. The van der Waals surface area contributed by atoms with Gasteiger partial charge in [0, 0.05) is 19.6 Å². The van der Waals surface area contributed by atoms with E-state index in [2.05, 4.69) is 56.5 Å². The van der Waals surface area contributed by atoms with Gasteiger partial charge < -0.3 is 14.7 Å². The number of nitrogens with zero attached hydrogens (tertiary/aromatic N) is 4. The smallest absolute Gasteiger partial charge is 0.248 e. The van der Waals surface area contributed by atoms with Crippen molar-refractivity contribution in [1.29, 1.82) is 0 Å². The van der Waals surface area contributed by atoms with Gasteiger partial charge in [-0.15, -0.1) is 0 Å². The molecule has 0 saturated carbocycles. The third-order valence-electron chi connectivity index (χ3n) is 3.70. The first-order chi connectivity index (χ1) is 10.8. The lowest BCUT2D eigenvalue weighted by Gasteiger charge is -2.31. The fraction of sp³-hybridized carbons (Fsp3) is 0.438. The van der Waals surface area contributed by atoms with Crippen LogP contribution >= 0.6 is 0 Å². The number of nitrogens with one attached hydrogen (secondary N) is 1. The maximum absolute atomic E-state index is 5.12. The summed E-state index contributed by atoms with van der Waals surface area (Å²) in [5.41, 5.74) is 2.80. The molecule has 0 spiro atoms. The average Bonchev–Trinajstić information content (AvgIpc) is 2.96. The molecule has 1 aliphatic rings. The lowest BCUT2D eigenvalue weighted by atomic mass is 10.0. The number of hydrogen-bond acceptors (Lipinski definition) is 4. The summed E-state index contributed by atoms with van der Waals surface area (Å²) in [7, 11) is 0. The zero-order chi connectivity index (χ0) is 15.4. The molecule has 1 aromatic carbocycles. The van der Waals surface area contributed by atoms with Gasteiger partial charge in [-0.25, -0.2) is 4.99 Å². The van der Waals surface area contributed by atoms with E-state index in [1.54, 1.807) is 0 Å². The van der Waals surface area contributed by atoms with Crippen molar-refractivity contribution in [2.24, 2.45) is 4.99 Å². The SMILES string of the molecule is CCNC(=NCc1nc(C)no1)N1CCc2ccccc2C1. The maximum atomic E-state index is 5.12. The first-order valence-electron chi connectivity index (χ1n) is 7.65. The van der Waals surface area contributed by atoms with Crippen LogP contribution in [0.25, 0.3) is 0 Å². The van der Waals surface area contributed by atoms with Gasteiger partial charge in [0.2, 0.25) is 5.89 Å². The molecule has 22 heavy (non-hydrogen) atoms. The van der Waals surface area contributed by atoms with Crippen molar-refractivity contribution in [2.75, 3.05) is 13.1 Å². The minimum absolute atomic E-state index is 0.404. The molecule has 2 heterocycles. The highest BCUT2D eigenvalue weighted by molar-refractivity contribution is 5.80. The van der Waals surface area contributed by atoms with Crippen molar-refractivity contribution >= 4 is 5.96 Å². The van der Waals surface area contributed by atoms with E-state index in [1.165, 1.54) is 11.1 Å². The zero-order valence-electron chi connectivity index (χ0n) is 13.0. The number of fused-ring (bicyclic) bond motifs is 1.